The second kappa shape index (κ2) is 6.80. The van der Waals surface area contributed by atoms with Crippen LogP contribution in [0.5, 0.6) is 0 Å². The maximum Gasteiger partial charge on any atom is 0.208 e. The molecule has 0 amide bonds. The molecule has 0 unspecified atom stereocenters. The molecule has 0 aliphatic rings. The van der Waals surface area contributed by atoms with Gasteiger partial charge >= 0.3 is 0 Å². The lowest BCUT2D eigenvalue weighted by atomic mass is 10.1. The maximum absolute atomic E-state index is 10.8. The van der Waals surface area contributed by atoms with Crippen LogP contribution >= 0.6 is 0 Å². The van der Waals surface area contributed by atoms with Crippen LogP contribution in [0.1, 0.15) is 27.2 Å². The van der Waals surface area contributed by atoms with Crippen molar-refractivity contribution in [1.82, 2.24) is 15.4 Å². The topological polar surface area (TPSA) is 82.6 Å². The minimum absolute atomic E-state index is 0.0488. The monoisotopic (exact) mass is 264 g/mol. The minimum Gasteiger partial charge on any atom is -0.356 e. The number of aliphatic imine (C=N–C) groups is 1. The van der Waals surface area contributed by atoms with Crippen molar-refractivity contribution in [2.75, 3.05) is 26.4 Å². The molecule has 0 aromatic carbocycles. The average molecular weight is 264 g/mol. The normalized spacial score (nSPS) is 13.6. The first kappa shape index (κ1) is 16.2. The summed E-state index contributed by atoms with van der Waals surface area (Å²) in [6, 6.07) is 0. The Morgan fingerprint density at radius 3 is 2.24 bits per heavy atom. The summed E-state index contributed by atoms with van der Waals surface area (Å²) in [4.78, 5) is 4.08. The van der Waals surface area contributed by atoms with Gasteiger partial charge in [-0.25, -0.2) is 13.1 Å². The predicted molar refractivity (Wildman–Crippen MR) is 71.7 cm³/mol. The van der Waals surface area contributed by atoms with E-state index in [0.717, 1.165) is 12.2 Å². The highest BCUT2D eigenvalue weighted by Gasteiger charge is 2.11. The van der Waals surface area contributed by atoms with Gasteiger partial charge < -0.3 is 10.6 Å². The highest BCUT2D eigenvalue weighted by Crippen LogP contribution is 1.97. The maximum atomic E-state index is 10.8. The molecule has 0 radical (unpaired) electrons. The smallest absolute Gasteiger partial charge is 0.208 e. The first-order chi connectivity index (χ1) is 7.64. The number of sulfonamides is 1. The van der Waals surface area contributed by atoms with Gasteiger partial charge in [0.2, 0.25) is 10.0 Å². The molecule has 17 heavy (non-hydrogen) atoms. The zero-order chi connectivity index (χ0) is 13.5. The molecular weight excluding hydrogens is 240 g/mol. The molecule has 0 aliphatic heterocycles. The standard InChI is InChI=1S/C10H24N4O2S/c1-10(2,3)14-9(11-4)12-7-6-8-13-17(5,15)16/h13H,6-8H2,1-5H3,(H2,11,12,14). The van der Waals surface area contributed by atoms with Crippen LogP contribution in [0.2, 0.25) is 0 Å². The molecular formula is C10H24N4O2S. The Kier molecular flexibility index (Phi) is 6.48. The first-order valence-electron chi connectivity index (χ1n) is 5.57. The van der Waals surface area contributed by atoms with Crippen LogP contribution in [-0.2, 0) is 10.0 Å². The zero-order valence-corrected chi connectivity index (χ0v) is 12.1. The van der Waals surface area contributed by atoms with Gasteiger partial charge in [-0.2, -0.15) is 0 Å². The second-order valence-corrected chi connectivity index (χ2v) is 6.73. The lowest BCUT2D eigenvalue weighted by Gasteiger charge is -2.23. The van der Waals surface area contributed by atoms with Gasteiger partial charge in [0.15, 0.2) is 5.96 Å². The van der Waals surface area contributed by atoms with Crippen LogP contribution in [0.4, 0.5) is 0 Å². The summed E-state index contributed by atoms with van der Waals surface area (Å²) in [5.74, 6) is 0.719. The van der Waals surface area contributed by atoms with Crippen molar-refractivity contribution >= 4 is 16.0 Å². The molecule has 0 aliphatic carbocycles. The van der Waals surface area contributed by atoms with Crippen molar-refractivity contribution in [3.05, 3.63) is 0 Å². The van der Waals surface area contributed by atoms with Crippen LogP contribution in [0, 0.1) is 0 Å². The lowest BCUT2D eigenvalue weighted by Crippen LogP contribution is -2.48. The Morgan fingerprint density at radius 1 is 1.24 bits per heavy atom. The van der Waals surface area contributed by atoms with E-state index in [-0.39, 0.29) is 5.54 Å². The van der Waals surface area contributed by atoms with E-state index in [4.69, 9.17) is 0 Å². The molecule has 0 saturated carbocycles. The van der Waals surface area contributed by atoms with E-state index in [9.17, 15) is 8.42 Å². The summed E-state index contributed by atoms with van der Waals surface area (Å²) in [6.07, 6.45) is 1.86. The molecule has 0 aromatic heterocycles. The molecule has 0 fully saturated rings. The van der Waals surface area contributed by atoms with Crippen LogP contribution in [-0.4, -0.2) is 46.3 Å². The van der Waals surface area contributed by atoms with Crippen LogP contribution in [0.15, 0.2) is 4.99 Å². The number of hydrogen-bond acceptors (Lipinski definition) is 3. The molecule has 0 aromatic rings. The van der Waals surface area contributed by atoms with Gasteiger partial charge in [-0.3, -0.25) is 4.99 Å². The second-order valence-electron chi connectivity index (χ2n) is 4.89. The molecule has 0 saturated heterocycles. The SMILES string of the molecule is CN=C(NCCCNS(C)(=O)=O)NC(C)(C)C. The fourth-order valence-electron chi connectivity index (χ4n) is 1.09. The van der Waals surface area contributed by atoms with E-state index in [1.807, 2.05) is 20.8 Å². The molecule has 3 N–H and O–H groups in total. The average Bonchev–Trinajstić information content (AvgIpc) is 2.11. The van der Waals surface area contributed by atoms with E-state index in [1.165, 1.54) is 0 Å². The third-order valence-corrected chi connectivity index (χ3v) is 2.46. The number of nitrogens with one attached hydrogen (secondary N) is 3. The summed E-state index contributed by atoms with van der Waals surface area (Å²) in [5, 5.41) is 6.33. The quantitative estimate of drug-likeness (QED) is 0.367. The Morgan fingerprint density at radius 2 is 1.82 bits per heavy atom. The number of hydrogen-bond donors (Lipinski definition) is 3. The summed E-state index contributed by atoms with van der Waals surface area (Å²) >= 11 is 0. The predicted octanol–water partition coefficient (Wildman–Crippen LogP) is -0.111. The highest BCUT2D eigenvalue weighted by molar-refractivity contribution is 7.88. The third kappa shape index (κ3) is 11.4. The summed E-state index contributed by atoms with van der Waals surface area (Å²) in [5.41, 5.74) is -0.0488. The number of nitrogens with zero attached hydrogens (tertiary/aromatic N) is 1. The van der Waals surface area contributed by atoms with E-state index in [1.54, 1.807) is 7.05 Å². The van der Waals surface area contributed by atoms with Crippen molar-refractivity contribution in [2.24, 2.45) is 4.99 Å². The lowest BCUT2D eigenvalue weighted by molar-refractivity contribution is 0.501. The van der Waals surface area contributed by atoms with E-state index >= 15 is 0 Å². The van der Waals surface area contributed by atoms with E-state index in [0.29, 0.717) is 19.5 Å². The molecule has 0 bridgehead atoms. The molecule has 102 valence electrons. The Labute approximate surface area is 104 Å². The van der Waals surface area contributed by atoms with Gasteiger partial charge in [0.25, 0.3) is 0 Å². The Hall–Kier alpha value is -0.820. The van der Waals surface area contributed by atoms with Gasteiger partial charge in [0.05, 0.1) is 6.26 Å². The van der Waals surface area contributed by atoms with Crippen LogP contribution in [0.3, 0.4) is 0 Å². The van der Waals surface area contributed by atoms with Crippen molar-refractivity contribution in [1.29, 1.82) is 0 Å². The van der Waals surface area contributed by atoms with Gasteiger partial charge in [-0.1, -0.05) is 0 Å². The molecule has 0 heterocycles. The first-order valence-corrected chi connectivity index (χ1v) is 7.47. The van der Waals surface area contributed by atoms with Crippen LogP contribution < -0.4 is 15.4 Å². The molecule has 0 rings (SSSR count). The van der Waals surface area contributed by atoms with Crippen molar-refractivity contribution in [3.63, 3.8) is 0 Å². The molecule has 0 atom stereocenters. The Bertz CT molecular complexity index is 344. The van der Waals surface area contributed by atoms with E-state index in [2.05, 4.69) is 20.3 Å². The summed E-state index contributed by atoms with van der Waals surface area (Å²) < 4.78 is 24.0. The van der Waals surface area contributed by atoms with Gasteiger partial charge in [-0.15, -0.1) is 0 Å². The summed E-state index contributed by atoms with van der Waals surface area (Å²) in [7, 11) is -1.38. The van der Waals surface area contributed by atoms with Gasteiger partial charge in [0, 0.05) is 25.7 Å². The highest BCUT2D eigenvalue weighted by atomic mass is 32.2. The largest absolute Gasteiger partial charge is 0.356 e. The molecule has 6 nitrogen and oxygen atoms in total. The zero-order valence-electron chi connectivity index (χ0n) is 11.3. The van der Waals surface area contributed by atoms with Crippen molar-refractivity contribution in [3.8, 4) is 0 Å². The van der Waals surface area contributed by atoms with E-state index < -0.39 is 10.0 Å². The van der Waals surface area contributed by atoms with Crippen molar-refractivity contribution in [2.45, 2.75) is 32.7 Å². The number of rotatable bonds is 5. The van der Waals surface area contributed by atoms with Crippen molar-refractivity contribution < 1.29 is 8.42 Å². The fraction of sp³-hybridized carbons (Fsp3) is 0.900. The molecule has 0 spiro atoms. The fourth-order valence-corrected chi connectivity index (χ4v) is 1.60. The van der Waals surface area contributed by atoms with Gasteiger partial charge in [-0.05, 0) is 27.2 Å². The molecule has 7 heteroatoms. The third-order valence-electron chi connectivity index (χ3n) is 1.73. The Balaban J connectivity index is 3.80. The number of guanidine groups is 1. The minimum atomic E-state index is -3.08. The summed E-state index contributed by atoms with van der Waals surface area (Å²) in [6.45, 7) is 7.23. The van der Waals surface area contributed by atoms with Gasteiger partial charge in [0.1, 0.15) is 0 Å². The van der Waals surface area contributed by atoms with Crippen LogP contribution in [0.25, 0.3) is 0 Å².